The number of hydrogen-bond acceptors (Lipinski definition) is 5. The van der Waals surface area contributed by atoms with Crippen LogP contribution in [0, 0.1) is 5.82 Å². The molecule has 154 valence electrons. The summed E-state index contributed by atoms with van der Waals surface area (Å²) in [4.78, 5) is 25.3. The highest BCUT2D eigenvalue weighted by Gasteiger charge is 2.24. The maximum Gasteiger partial charge on any atom is 0.251 e. The number of halogens is 3. The minimum absolute atomic E-state index is 0. The summed E-state index contributed by atoms with van der Waals surface area (Å²) in [6, 6.07) is 4.34. The van der Waals surface area contributed by atoms with Gasteiger partial charge in [-0.05, 0) is 43.9 Å². The van der Waals surface area contributed by atoms with Crippen LogP contribution in [0.3, 0.4) is 0 Å². The van der Waals surface area contributed by atoms with Crippen LogP contribution in [0.4, 0.5) is 10.2 Å². The Hall–Kier alpha value is -2.45. The number of benzene rings is 1. The van der Waals surface area contributed by atoms with Crippen LogP contribution in [0.1, 0.15) is 36.0 Å². The first-order valence-electron chi connectivity index (χ1n) is 9.15. The van der Waals surface area contributed by atoms with E-state index in [0.29, 0.717) is 5.56 Å². The van der Waals surface area contributed by atoms with Crippen LogP contribution >= 0.6 is 24.0 Å². The van der Waals surface area contributed by atoms with E-state index in [0.717, 1.165) is 42.7 Å². The Morgan fingerprint density at radius 3 is 2.62 bits per heavy atom. The lowest BCUT2D eigenvalue weighted by atomic mass is 9.91. The van der Waals surface area contributed by atoms with Crippen molar-refractivity contribution < 1.29 is 9.18 Å². The van der Waals surface area contributed by atoms with Gasteiger partial charge in [0.05, 0.1) is 11.3 Å². The maximum atomic E-state index is 13.3. The third-order valence-corrected chi connectivity index (χ3v) is 5.37. The van der Waals surface area contributed by atoms with Crippen molar-refractivity contribution in [2.45, 2.75) is 37.8 Å². The minimum atomic E-state index is -0.531. The molecule has 1 aliphatic carbocycles. The van der Waals surface area contributed by atoms with Gasteiger partial charge in [0.1, 0.15) is 17.7 Å². The Morgan fingerprint density at radius 2 is 1.90 bits per heavy atom. The van der Waals surface area contributed by atoms with Crippen LogP contribution in [0.25, 0.3) is 11.2 Å². The zero-order valence-corrected chi connectivity index (χ0v) is 17.3. The minimum Gasteiger partial charge on any atom is -0.365 e. The van der Waals surface area contributed by atoms with Crippen molar-refractivity contribution in [2.24, 2.45) is 7.05 Å². The summed E-state index contributed by atoms with van der Waals surface area (Å²) in [5.74, 6) is -0.0279. The molecule has 4 rings (SSSR count). The van der Waals surface area contributed by atoms with E-state index in [1.165, 1.54) is 24.5 Å². The largest absolute Gasteiger partial charge is 0.365 e. The summed E-state index contributed by atoms with van der Waals surface area (Å²) >= 11 is 5.76. The first kappa shape index (κ1) is 21.3. The molecule has 0 unspecified atom stereocenters. The number of imidazole rings is 1. The number of fused-ring (bicyclic) bond motifs is 1. The van der Waals surface area contributed by atoms with Crippen LogP contribution in [0.5, 0.6) is 0 Å². The molecule has 1 aromatic carbocycles. The Balaban J connectivity index is 0.00000240. The van der Waals surface area contributed by atoms with Crippen molar-refractivity contribution in [3.05, 3.63) is 47.3 Å². The number of anilines is 1. The summed E-state index contributed by atoms with van der Waals surface area (Å²) in [5, 5.41) is 6.42. The molecule has 0 aliphatic heterocycles. The average Bonchev–Trinajstić information content (AvgIpc) is 3.07. The number of rotatable bonds is 4. The molecule has 2 N–H and O–H groups in total. The van der Waals surface area contributed by atoms with Crippen LogP contribution in [0.15, 0.2) is 30.9 Å². The topological polar surface area (TPSA) is 84.7 Å². The van der Waals surface area contributed by atoms with E-state index in [9.17, 15) is 9.18 Å². The Morgan fingerprint density at radius 1 is 1.17 bits per heavy atom. The molecule has 3 aromatic rings. The fourth-order valence-corrected chi connectivity index (χ4v) is 3.71. The highest BCUT2D eigenvalue weighted by Crippen LogP contribution is 2.25. The van der Waals surface area contributed by atoms with Gasteiger partial charge >= 0.3 is 0 Å². The van der Waals surface area contributed by atoms with Gasteiger partial charge in [-0.1, -0.05) is 11.6 Å². The van der Waals surface area contributed by atoms with E-state index in [4.69, 9.17) is 11.6 Å². The molecule has 29 heavy (non-hydrogen) atoms. The predicted octanol–water partition coefficient (Wildman–Crippen LogP) is 3.73. The monoisotopic (exact) mass is 438 g/mol. The van der Waals surface area contributed by atoms with Crippen molar-refractivity contribution >= 4 is 46.9 Å². The summed E-state index contributed by atoms with van der Waals surface area (Å²) in [6.45, 7) is 0. The molecule has 0 atom stereocenters. The molecule has 1 amide bonds. The first-order valence-corrected chi connectivity index (χ1v) is 9.53. The zero-order valence-electron chi connectivity index (χ0n) is 15.7. The van der Waals surface area contributed by atoms with Gasteiger partial charge in [-0.2, -0.15) is 0 Å². The Labute approximate surface area is 178 Å². The van der Waals surface area contributed by atoms with Crippen LogP contribution in [-0.2, 0) is 7.05 Å². The molecule has 1 fully saturated rings. The molecule has 2 aromatic heterocycles. The van der Waals surface area contributed by atoms with Crippen molar-refractivity contribution in [1.82, 2.24) is 24.8 Å². The number of carbonyl (C=O) groups is 1. The molecular formula is C19H21Cl2FN6O. The lowest BCUT2D eigenvalue weighted by Crippen LogP contribution is -2.40. The number of aromatic nitrogens is 4. The van der Waals surface area contributed by atoms with E-state index in [1.54, 1.807) is 6.33 Å². The van der Waals surface area contributed by atoms with Crippen molar-refractivity contribution in [1.29, 1.82) is 0 Å². The van der Waals surface area contributed by atoms with Crippen LogP contribution < -0.4 is 10.6 Å². The second kappa shape index (κ2) is 8.92. The van der Waals surface area contributed by atoms with Crippen molar-refractivity contribution in [2.75, 3.05) is 5.32 Å². The van der Waals surface area contributed by atoms with Gasteiger partial charge in [-0.3, -0.25) is 4.79 Å². The molecule has 10 heteroatoms. The van der Waals surface area contributed by atoms with Gasteiger partial charge in [0.2, 0.25) is 0 Å². The quantitative estimate of drug-likeness (QED) is 0.647. The molecular weight excluding hydrogens is 418 g/mol. The number of aryl methyl sites for hydroxylation is 1. The number of nitrogens with one attached hydrogen (secondary N) is 2. The predicted molar refractivity (Wildman–Crippen MR) is 112 cm³/mol. The lowest BCUT2D eigenvalue weighted by Gasteiger charge is -2.30. The third-order valence-electron chi connectivity index (χ3n) is 5.08. The fourth-order valence-electron chi connectivity index (χ4n) is 3.53. The Kier molecular flexibility index (Phi) is 6.54. The van der Waals surface area contributed by atoms with Gasteiger partial charge in [-0.25, -0.2) is 19.3 Å². The average molecular weight is 439 g/mol. The van der Waals surface area contributed by atoms with Crippen molar-refractivity contribution in [3.63, 3.8) is 0 Å². The van der Waals surface area contributed by atoms with E-state index < -0.39 is 5.82 Å². The van der Waals surface area contributed by atoms with Crippen molar-refractivity contribution in [3.8, 4) is 0 Å². The highest BCUT2D eigenvalue weighted by molar-refractivity contribution is 6.31. The van der Waals surface area contributed by atoms with Crippen LogP contribution in [-0.4, -0.2) is 37.5 Å². The van der Waals surface area contributed by atoms with E-state index in [-0.39, 0.29) is 35.4 Å². The van der Waals surface area contributed by atoms with Gasteiger partial charge < -0.3 is 15.2 Å². The molecule has 0 spiro atoms. The summed E-state index contributed by atoms with van der Waals surface area (Å²) in [6.07, 6.45) is 6.73. The van der Waals surface area contributed by atoms with E-state index >= 15 is 0 Å². The molecule has 0 bridgehead atoms. The smallest absolute Gasteiger partial charge is 0.251 e. The third kappa shape index (κ3) is 4.59. The van der Waals surface area contributed by atoms with Gasteiger partial charge in [0.25, 0.3) is 5.91 Å². The molecule has 0 radical (unpaired) electrons. The highest BCUT2D eigenvalue weighted by atomic mass is 35.5. The normalized spacial score (nSPS) is 18.9. The summed E-state index contributed by atoms with van der Waals surface area (Å²) in [7, 11) is 1.90. The fraction of sp³-hybridized carbons (Fsp3) is 0.368. The maximum absolute atomic E-state index is 13.3. The number of carbonyl (C=O) groups excluding carboxylic acids is 1. The molecule has 2 heterocycles. The standard InChI is InChI=1S/C19H20ClFN6O.ClH/c1-27-10-24-16-17(22-9-23-18(16)27)25-12-3-5-13(6-4-12)26-19(28)11-2-7-15(21)14(20)8-11;/h2,7-10,12-13H,3-6H2,1H3,(H,26,28)(H,22,23,25);1H/t12-,13+;. The SMILES string of the molecule is Cl.Cn1cnc2c(N[C@H]3CC[C@@H](NC(=O)c4ccc(F)c(Cl)c4)CC3)ncnc21. The number of nitrogens with zero attached hydrogens (tertiary/aromatic N) is 4. The second-order valence-corrected chi connectivity index (χ2v) is 7.45. The molecule has 0 saturated heterocycles. The van der Waals surface area contributed by atoms with Gasteiger partial charge in [0, 0.05) is 24.7 Å². The van der Waals surface area contributed by atoms with Crippen LogP contribution in [0.2, 0.25) is 5.02 Å². The molecule has 1 aliphatic rings. The lowest BCUT2D eigenvalue weighted by molar-refractivity contribution is 0.0926. The first-order chi connectivity index (χ1) is 13.5. The zero-order chi connectivity index (χ0) is 19.7. The number of hydrogen-bond donors (Lipinski definition) is 2. The molecule has 1 saturated carbocycles. The van der Waals surface area contributed by atoms with Gasteiger partial charge in [0.15, 0.2) is 11.5 Å². The van der Waals surface area contributed by atoms with E-state index in [1.807, 2.05) is 11.6 Å². The summed E-state index contributed by atoms with van der Waals surface area (Å²) in [5.41, 5.74) is 1.91. The van der Waals surface area contributed by atoms with Gasteiger partial charge in [-0.15, -0.1) is 12.4 Å². The Bertz CT molecular complexity index is 1020. The molecule has 7 nitrogen and oxygen atoms in total. The second-order valence-electron chi connectivity index (χ2n) is 7.05. The summed E-state index contributed by atoms with van der Waals surface area (Å²) < 4.78 is 15.1. The number of amides is 1. The van der Waals surface area contributed by atoms with E-state index in [2.05, 4.69) is 25.6 Å².